The molecule has 3 aromatic rings. The summed E-state index contributed by atoms with van der Waals surface area (Å²) in [5.41, 5.74) is 2.66. The standard InChI is InChI=1S/C20H21N3O/c1-3-8-17(9-4-1)20(18-10-5-2-6-11-18)22-14-19(15-22)24-16-23-13-7-12-21-23/h1-13,19-20H,14-16H2. The van der Waals surface area contributed by atoms with E-state index in [4.69, 9.17) is 4.74 Å². The molecule has 0 aliphatic carbocycles. The molecule has 1 aliphatic rings. The van der Waals surface area contributed by atoms with Crippen LogP contribution in [-0.2, 0) is 11.5 Å². The zero-order chi connectivity index (χ0) is 16.2. The van der Waals surface area contributed by atoms with Crippen molar-refractivity contribution in [1.29, 1.82) is 0 Å². The fourth-order valence-electron chi connectivity index (χ4n) is 3.23. The first-order valence-electron chi connectivity index (χ1n) is 8.33. The zero-order valence-corrected chi connectivity index (χ0v) is 13.5. The highest BCUT2D eigenvalue weighted by atomic mass is 16.5. The Hall–Kier alpha value is -2.43. The number of likely N-dealkylation sites (tertiary alicyclic amines) is 1. The van der Waals surface area contributed by atoms with E-state index in [9.17, 15) is 0 Å². The monoisotopic (exact) mass is 319 g/mol. The Morgan fingerprint density at radius 2 is 1.54 bits per heavy atom. The molecular weight excluding hydrogens is 298 g/mol. The second kappa shape index (κ2) is 6.99. The summed E-state index contributed by atoms with van der Waals surface area (Å²) in [6.07, 6.45) is 3.97. The second-order valence-electron chi connectivity index (χ2n) is 6.14. The Kier molecular flexibility index (Phi) is 4.40. The van der Waals surface area contributed by atoms with Crippen molar-refractivity contribution >= 4 is 0 Å². The lowest BCUT2D eigenvalue weighted by molar-refractivity contribution is -0.0935. The van der Waals surface area contributed by atoms with Crippen molar-refractivity contribution in [3.8, 4) is 0 Å². The van der Waals surface area contributed by atoms with Crippen LogP contribution in [-0.4, -0.2) is 33.9 Å². The van der Waals surface area contributed by atoms with Crippen LogP contribution in [0.1, 0.15) is 17.2 Å². The lowest BCUT2D eigenvalue weighted by Gasteiger charge is -2.44. The number of hydrogen-bond donors (Lipinski definition) is 0. The number of hydrogen-bond acceptors (Lipinski definition) is 3. The summed E-state index contributed by atoms with van der Waals surface area (Å²) in [4.78, 5) is 2.47. The van der Waals surface area contributed by atoms with Crippen molar-refractivity contribution in [3.63, 3.8) is 0 Å². The van der Waals surface area contributed by atoms with Crippen molar-refractivity contribution in [3.05, 3.63) is 90.3 Å². The minimum Gasteiger partial charge on any atom is -0.353 e. The predicted octanol–water partition coefficient (Wildman–Crippen LogP) is 3.33. The molecule has 0 atom stereocenters. The maximum absolute atomic E-state index is 5.93. The summed E-state index contributed by atoms with van der Waals surface area (Å²) in [7, 11) is 0. The number of benzene rings is 2. The van der Waals surface area contributed by atoms with Gasteiger partial charge in [0.15, 0.2) is 0 Å². The van der Waals surface area contributed by atoms with Crippen LogP contribution in [0.5, 0.6) is 0 Å². The Labute approximate surface area is 142 Å². The molecule has 122 valence electrons. The van der Waals surface area contributed by atoms with Crippen molar-refractivity contribution in [2.45, 2.75) is 18.9 Å². The second-order valence-corrected chi connectivity index (χ2v) is 6.14. The normalized spacial score (nSPS) is 15.5. The van der Waals surface area contributed by atoms with Crippen LogP contribution in [0, 0.1) is 0 Å². The van der Waals surface area contributed by atoms with Gasteiger partial charge in [-0.1, -0.05) is 60.7 Å². The van der Waals surface area contributed by atoms with Gasteiger partial charge in [-0.05, 0) is 17.2 Å². The first-order valence-corrected chi connectivity index (χ1v) is 8.33. The van der Waals surface area contributed by atoms with Gasteiger partial charge in [-0.15, -0.1) is 0 Å². The van der Waals surface area contributed by atoms with Gasteiger partial charge in [0.1, 0.15) is 6.73 Å². The van der Waals surface area contributed by atoms with Crippen LogP contribution in [0.3, 0.4) is 0 Å². The molecule has 1 fully saturated rings. The summed E-state index contributed by atoms with van der Waals surface area (Å²) >= 11 is 0. The van der Waals surface area contributed by atoms with Gasteiger partial charge in [0.25, 0.3) is 0 Å². The molecule has 2 aromatic carbocycles. The average molecular weight is 319 g/mol. The number of nitrogens with zero attached hydrogens (tertiary/aromatic N) is 3. The first-order chi connectivity index (χ1) is 11.9. The van der Waals surface area contributed by atoms with E-state index >= 15 is 0 Å². The van der Waals surface area contributed by atoms with Gasteiger partial charge in [-0.25, -0.2) is 4.68 Å². The molecule has 1 aromatic heterocycles. The number of aromatic nitrogens is 2. The highest BCUT2D eigenvalue weighted by molar-refractivity contribution is 5.32. The van der Waals surface area contributed by atoms with Crippen LogP contribution in [0.4, 0.5) is 0 Å². The van der Waals surface area contributed by atoms with Crippen molar-refractivity contribution in [2.75, 3.05) is 13.1 Å². The Balaban J connectivity index is 1.44. The van der Waals surface area contributed by atoms with Crippen LogP contribution in [0.2, 0.25) is 0 Å². The van der Waals surface area contributed by atoms with Crippen LogP contribution in [0.15, 0.2) is 79.1 Å². The molecule has 0 spiro atoms. The Morgan fingerprint density at radius 3 is 2.08 bits per heavy atom. The van der Waals surface area contributed by atoms with Crippen LogP contribution >= 0.6 is 0 Å². The van der Waals surface area contributed by atoms with Crippen LogP contribution < -0.4 is 0 Å². The molecule has 1 aliphatic heterocycles. The molecule has 0 amide bonds. The third kappa shape index (κ3) is 3.25. The van der Waals surface area contributed by atoms with Gasteiger partial charge in [0.2, 0.25) is 0 Å². The van der Waals surface area contributed by atoms with E-state index in [1.807, 2.05) is 16.9 Å². The van der Waals surface area contributed by atoms with Gasteiger partial charge >= 0.3 is 0 Å². The molecule has 0 saturated carbocycles. The van der Waals surface area contributed by atoms with Crippen molar-refractivity contribution < 1.29 is 4.74 Å². The third-order valence-electron chi connectivity index (χ3n) is 4.47. The highest BCUT2D eigenvalue weighted by Crippen LogP contribution is 2.32. The summed E-state index contributed by atoms with van der Waals surface area (Å²) in [6, 6.07) is 23.6. The van der Waals surface area contributed by atoms with E-state index in [-0.39, 0.29) is 12.1 Å². The zero-order valence-electron chi connectivity index (χ0n) is 13.5. The van der Waals surface area contributed by atoms with Gasteiger partial charge < -0.3 is 4.74 Å². The molecule has 0 unspecified atom stereocenters. The Bertz CT molecular complexity index is 698. The van der Waals surface area contributed by atoms with E-state index in [2.05, 4.69) is 70.7 Å². The number of ether oxygens (including phenoxy) is 1. The van der Waals surface area contributed by atoms with Gasteiger partial charge in [-0.3, -0.25) is 4.90 Å². The van der Waals surface area contributed by atoms with E-state index in [1.165, 1.54) is 11.1 Å². The molecule has 24 heavy (non-hydrogen) atoms. The lowest BCUT2D eigenvalue weighted by Crippen LogP contribution is -2.53. The molecule has 0 bridgehead atoms. The minimum absolute atomic E-state index is 0.268. The van der Waals surface area contributed by atoms with Gasteiger partial charge in [-0.2, -0.15) is 5.10 Å². The van der Waals surface area contributed by atoms with Crippen LogP contribution in [0.25, 0.3) is 0 Å². The van der Waals surface area contributed by atoms with E-state index in [1.54, 1.807) is 6.20 Å². The largest absolute Gasteiger partial charge is 0.353 e. The summed E-state index contributed by atoms with van der Waals surface area (Å²) in [5.74, 6) is 0. The molecule has 4 rings (SSSR count). The Morgan fingerprint density at radius 1 is 0.917 bits per heavy atom. The topological polar surface area (TPSA) is 30.3 Å². The molecule has 4 nitrogen and oxygen atoms in total. The third-order valence-corrected chi connectivity index (χ3v) is 4.47. The van der Waals surface area contributed by atoms with E-state index in [0.29, 0.717) is 6.73 Å². The average Bonchev–Trinajstić information content (AvgIpc) is 3.12. The molecular formula is C20H21N3O. The predicted molar refractivity (Wildman–Crippen MR) is 93.4 cm³/mol. The molecule has 0 N–H and O–H groups in total. The molecule has 2 heterocycles. The maximum atomic E-state index is 5.93. The maximum Gasteiger partial charge on any atom is 0.139 e. The minimum atomic E-state index is 0.268. The van der Waals surface area contributed by atoms with Crippen molar-refractivity contribution in [2.24, 2.45) is 0 Å². The van der Waals surface area contributed by atoms with Crippen molar-refractivity contribution in [1.82, 2.24) is 14.7 Å². The fourth-order valence-corrected chi connectivity index (χ4v) is 3.23. The lowest BCUT2D eigenvalue weighted by atomic mass is 9.94. The summed E-state index contributed by atoms with van der Waals surface area (Å²) < 4.78 is 7.75. The summed E-state index contributed by atoms with van der Waals surface area (Å²) in [6.45, 7) is 2.40. The highest BCUT2D eigenvalue weighted by Gasteiger charge is 2.34. The smallest absolute Gasteiger partial charge is 0.139 e. The van der Waals surface area contributed by atoms with Gasteiger partial charge in [0.05, 0.1) is 12.1 Å². The molecule has 4 heteroatoms. The fraction of sp³-hybridized carbons (Fsp3) is 0.250. The quantitative estimate of drug-likeness (QED) is 0.698. The number of rotatable bonds is 6. The molecule has 0 radical (unpaired) electrons. The summed E-state index contributed by atoms with van der Waals surface area (Å²) in [5, 5.41) is 4.17. The molecule has 1 saturated heterocycles. The first kappa shape index (κ1) is 15.1. The SMILES string of the molecule is c1ccc(C(c2ccccc2)N2CC(OCn3cccn3)C2)cc1. The van der Waals surface area contributed by atoms with E-state index < -0.39 is 0 Å². The van der Waals surface area contributed by atoms with Gasteiger partial charge in [0, 0.05) is 25.5 Å². The van der Waals surface area contributed by atoms with E-state index in [0.717, 1.165) is 13.1 Å².